The minimum atomic E-state index is -4.50. The number of hydrogen-bond acceptors (Lipinski definition) is 3. The van der Waals surface area contributed by atoms with Crippen LogP contribution in [0, 0.1) is 22.7 Å². The van der Waals surface area contributed by atoms with Gasteiger partial charge in [0.25, 0.3) is 0 Å². The van der Waals surface area contributed by atoms with E-state index in [4.69, 9.17) is 5.26 Å². The molecule has 0 bridgehead atoms. The van der Waals surface area contributed by atoms with Crippen molar-refractivity contribution >= 4 is 0 Å². The molecule has 6 heteroatoms. The molecule has 1 atom stereocenters. The topological polar surface area (TPSA) is 48.7 Å². The van der Waals surface area contributed by atoms with E-state index in [9.17, 15) is 13.2 Å². The summed E-state index contributed by atoms with van der Waals surface area (Å²) in [6, 6.07) is 2.74. The molecule has 1 saturated carbocycles. The van der Waals surface area contributed by atoms with Crippen molar-refractivity contribution in [3.05, 3.63) is 29.1 Å². The van der Waals surface area contributed by atoms with Crippen molar-refractivity contribution in [2.45, 2.75) is 31.9 Å². The summed E-state index contributed by atoms with van der Waals surface area (Å²) in [5.41, 5.74) is 0.148. The number of halogens is 3. The fourth-order valence-electron chi connectivity index (χ4n) is 3.52. The number of nitriles is 1. The van der Waals surface area contributed by atoms with Crippen LogP contribution >= 0.6 is 0 Å². The van der Waals surface area contributed by atoms with Gasteiger partial charge in [-0.25, -0.2) is 0 Å². The number of hydrogen-bond donors (Lipinski definition) is 1. The maximum Gasteiger partial charge on any atom is 0.433 e. The summed E-state index contributed by atoms with van der Waals surface area (Å²) in [6.45, 7) is 2.08. The lowest BCUT2D eigenvalue weighted by atomic mass is 9.79. The largest absolute Gasteiger partial charge is 0.433 e. The summed E-state index contributed by atoms with van der Waals surface area (Å²) in [6.07, 6.45) is 0.709. The third kappa shape index (κ3) is 2.75. The molecule has 1 aromatic rings. The van der Waals surface area contributed by atoms with Gasteiger partial charge in [0.1, 0.15) is 5.69 Å². The van der Waals surface area contributed by atoms with E-state index in [0.717, 1.165) is 32.0 Å². The average Bonchev–Trinajstić information content (AvgIpc) is 2.82. The van der Waals surface area contributed by atoms with Gasteiger partial charge >= 0.3 is 6.18 Å². The van der Waals surface area contributed by atoms with Crippen LogP contribution in [0.15, 0.2) is 12.3 Å². The zero-order chi connectivity index (χ0) is 15.1. The van der Waals surface area contributed by atoms with Gasteiger partial charge in [0, 0.05) is 19.3 Å². The van der Waals surface area contributed by atoms with Gasteiger partial charge < -0.3 is 5.32 Å². The van der Waals surface area contributed by atoms with Gasteiger partial charge in [0.15, 0.2) is 0 Å². The minimum Gasteiger partial charge on any atom is -0.316 e. The molecule has 2 fully saturated rings. The molecule has 2 aliphatic rings. The second-order valence-electron chi connectivity index (χ2n) is 6.25. The van der Waals surface area contributed by atoms with E-state index in [1.54, 1.807) is 0 Å². The standard InChI is InChI=1S/C15H16F3N3/c16-15(17,18)13-4-11(6-19)12(7-21-13)3-10-1-2-14(5-10)8-20-9-14/h4,7,10,20H,1-3,5,8-9H2/t10-/m0/s1. The Morgan fingerprint density at radius 2 is 2.19 bits per heavy atom. The molecule has 1 N–H and O–H groups in total. The molecule has 0 aromatic carbocycles. The summed E-state index contributed by atoms with van der Waals surface area (Å²) in [4.78, 5) is 3.48. The Hall–Kier alpha value is -1.61. The van der Waals surface area contributed by atoms with E-state index >= 15 is 0 Å². The smallest absolute Gasteiger partial charge is 0.316 e. The summed E-state index contributed by atoms with van der Waals surface area (Å²) in [5.74, 6) is 0.442. The zero-order valence-electron chi connectivity index (χ0n) is 11.5. The van der Waals surface area contributed by atoms with Crippen LogP contribution in [0.2, 0.25) is 0 Å². The first-order valence-corrected chi connectivity index (χ1v) is 7.09. The first kappa shape index (κ1) is 14.3. The average molecular weight is 295 g/mol. The fraction of sp³-hybridized carbons (Fsp3) is 0.600. The van der Waals surface area contributed by atoms with Crippen molar-refractivity contribution in [1.29, 1.82) is 5.26 Å². The third-order valence-corrected chi connectivity index (χ3v) is 4.71. The first-order valence-electron chi connectivity index (χ1n) is 7.09. The second-order valence-corrected chi connectivity index (χ2v) is 6.25. The van der Waals surface area contributed by atoms with E-state index in [1.165, 1.54) is 12.6 Å². The maximum absolute atomic E-state index is 12.6. The second kappa shape index (κ2) is 4.99. The molecule has 0 radical (unpaired) electrons. The van der Waals surface area contributed by atoms with Gasteiger partial charge in [-0.15, -0.1) is 0 Å². The van der Waals surface area contributed by atoms with Gasteiger partial charge in [-0.05, 0) is 48.6 Å². The molecule has 1 aliphatic carbocycles. The summed E-state index contributed by atoms with van der Waals surface area (Å²) in [5, 5.41) is 12.4. The molecule has 0 amide bonds. The molecule has 1 aliphatic heterocycles. The quantitative estimate of drug-likeness (QED) is 0.912. The number of rotatable bonds is 2. The lowest BCUT2D eigenvalue weighted by molar-refractivity contribution is -0.141. The Balaban J connectivity index is 1.75. The predicted molar refractivity (Wildman–Crippen MR) is 70.3 cm³/mol. The predicted octanol–water partition coefficient (Wildman–Crippen LogP) is 2.90. The van der Waals surface area contributed by atoms with E-state index < -0.39 is 11.9 Å². The molecule has 1 aromatic heterocycles. The fourth-order valence-corrected chi connectivity index (χ4v) is 3.52. The molecular formula is C15H16F3N3. The Morgan fingerprint density at radius 3 is 2.71 bits per heavy atom. The van der Waals surface area contributed by atoms with Crippen molar-refractivity contribution in [3.63, 3.8) is 0 Å². The molecule has 0 unspecified atom stereocenters. The van der Waals surface area contributed by atoms with E-state index in [0.29, 0.717) is 23.3 Å². The normalized spacial score (nSPS) is 23.8. The van der Waals surface area contributed by atoms with Crippen LogP contribution < -0.4 is 5.32 Å². The highest BCUT2D eigenvalue weighted by Crippen LogP contribution is 2.45. The number of nitrogens with zero attached hydrogens (tertiary/aromatic N) is 2. The number of alkyl halides is 3. The summed E-state index contributed by atoms with van der Waals surface area (Å²) in [7, 11) is 0. The van der Waals surface area contributed by atoms with Crippen molar-refractivity contribution in [2.24, 2.45) is 11.3 Å². The first-order chi connectivity index (χ1) is 9.92. The van der Waals surface area contributed by atoms with E-state index in [2.05, 4.69) is 10.3 Å². The van der Waals surface area contributed by atoms with Gasteiger partial charge in [0.2, 0.25) is 0 Å². The molecule has 1 spiro atoms. The minimum absolute atomic E-state index is 0.102. The number of nitrogens with one attached hydrogen (secondary N) is 1. The van der Waals surface area contributed by atoms with Gasteiger partial charge in [-0.2, -0.15) is 18.4 Å². The Morgan fingerprint density at radius 1 is 1.43 bits per heavy atom. The van der Waals surface area contributed by atoms with Crippen LogP contribution in [0.4, 0.5) is 13.2 Å². The Labute approximate surface area is 121 Å². The van der Waals surface area contributed by atoms with Gasteiger partial charge in [-0.1, -0.05) is 0 Å². The van der Waals surface area contributed by atoms with Gasteiger partial charge in [0.05, 0.1) is 11.6 Å². The molecular weight excluding hydrogens is 279 g/mol. The monoisotopic (exact) mass is 295 g/mol. The molecule has 112 valence electrons. The van der Waals surface area contributed by atoms with Crippen LogP contribution in [0.5, 0.6) is 0 Å². The summed E-state index contributed by atoms with van der Waals surface area (Å²) < 4.78 is 37.9. The van der Waals surface area contributed by atoms with Crippen molar-refractivity contribution < 1.29 is 13.2 Å². The molecule has 3 rings (SSSR count). The lowest BCUT2D eigenvalue weighted by Gasteiger charge is -2.39. The lowest BCUT2D eigenvalue weighted by Crippen LogP contribution is -2.51. The number of pyridine rings is 1. The van der Waals surface area contributed by atoms with E-state index in [-0.39, 0.29) is 5.56 Å². The van der Waals surface area contributed by atoms with Gasteiger partial charge in [-0.3, -0.25) is 4.98 Å². The highest BCUT2D eigenvalue weighted by Gasteiger charge is 2.43. The zero-order valence-corrected chi connectivity index (χ0v) is 11.5. The summed E-state index contributed by atoms with van der Waals surface area (Å²) >= 11 is 0. The molecule has 21 heavy (non-hydrogen) atoms. The van der Waals surface area contributed by atoms with Crippen LogP contribution in [0.1, 0.15) is 36.1 Å². The Kier molecular flexibility index (Phi) is 3.40. The van der Waals surface area contributed by atoms with Crippen molar-refractivity contribution in [1.82, 2.24) is 10.3 Å². The molecule has 3 nitrogen and oxygen atoms in total. The molecule has 2 heterocycles. The van der Waals surface area contributed by atoms with Crippen LogP contribution in [0.25, 0.3) is 0 Å². The van der Waals surface area contributed by atoms with Crippen LogP contribution in [-0.4, -0.2) is 18.1 Å². The molecule has 1 saturated heterocycles. The SMILES string of the molecule is N#Cc1cc(C(F)(F)F)ncc1C[C@@H]1CCC2(CNC2)C1. The highest BCUT2D eigenvalue weighted by atomic mass is 19.4. The van der Waals surface area contributed by atoms with E-state index in [1.807, 2.05) is 6.07 Å². The Bertz CT molecular complexity index is 585. The highest BCUT2D eigenvalue weighted by molar-refractivity contribution is 5.38. The van der Waals surface area contributed by atoms with Crippen molar-refractivity contribution in [2.75, 3.05) is 13.1 Å². The van der Waals surface area contributed by atoms with Crippen LogP contribution in [-0.2, 0) is 12.6 Å². The third-order valence-electron chi connectivity index (χ3n) is 4.71. The number of aromatic nitrogens is 1. The van der Waals surface area contributed by atoms with Crippen LogP contribution in [0.3, 0.4) is 0 Å². The van der Waals surface area contributed by atoms with Crippen molar-refractivity contribution in [3.8, 4) is 6.07 Å². The maximum atomic E-state index is 12.6.